The highest BCUT2D eigenvalue weighted by Gasteiger charge is 2.26. The minimum Gasteiger partial charge on any atom is -0.241 e. The molecule has 0 N–H and O–H groups in total. The zero-order valence-electron chi connectivity index (χ0n) is 8.19. The summed E-state index contributed by atoms with van der Waals surface area (Å²) in [6.07, 6.45) is 10.9. The molecular formula is C11H22S. The van der Waals surface area contributed by atoms with E-state index in [0.29, 0.717) is 0 Å². The third-order valence-electron chi connectivity index (χ3n) is 3.56. The van der Waals surface area contributed by atoms with Gasteiger partial charge in [0.15, 0.2) is 0 Å². The summed E-state index contributed by atoms with van der Waals surface area (Å²) in [4.78, 5) is 0. The van der Waals surface area contributed by atoms with Gasteiger partial charge < -0.3 is 0 Å². The average Bonchev–Trinajstić information content (AvgIpc) is 2.33. The fourth-order valence-electron chi connectivity index (χ4n) is 2.78. The van der Waals surface area contributed by atoms with Crippen molar-refractivity contribution in [2.75, 3.05) is 23.0 Å². The molecule has 0 nitrogen and oxygen atoms in total. The van der Waals surface area contributed by atoms with Crippen molar-refractivity contribution in [2.24, 2.45) is 0 Å². The van der Waals surface area contributed by atoms with E-state index in [1.165, 1.54) is 19.3 Å². The van der Waals surface area contributed by atoms with Gasteiger partial charge in [-0.05, 0) is 48.7 Å². The highest BCUT2D eigenvalue weighted by Crippen LogP contribution is 2.54. The van der Waals surface area contributed by atoms with E-state index in [9.17, 15) is 0 Å². The summed E-state index contributed by atoms with van der Waals surface area (Å²) in [6.45, 7) is 0. The van der Waals surface area contributed by atoms with Crippen LogP contribution < -0.4 is 0 Å². The molecule has 0 aromatic heterocycles. The van der Waals surface area contributed by atoms with Crippen molar-refractivity contribution in [3.63, 3.8) is 0 Å². The summed E-state index contributed by atoms with van der Waals surface area (Å²) in [5, 5.41) is 0. The van der Waals surface area contributed by atoms with E-state index in [2.05, 4.69) is 0 Å². The molecule has 2 aliphatic heterocycles. The Labute approximate surface area is 78.4 Å². The van der Waals surface area contributed by atoms with E-state index in [-0.39, 0.29) is 10.0 Å². The highest BCUT2D eigenvalue weighted by atomic mass is 32.3. The molecule has 12 heavy (non-hydrogen) atoms. The van der Waals surface area contributed by atoms with Crippen LogP contribution in [0.15, 0.2) is 0 Å². The second kappa shape index (κ2) is 4.04. The first-order valence-electron chi connectivity index (χ1n) is 5.65. The Balaban J connectivity index is 1.95. The second-order valence-electron chi connectivity index (χ2n) is 4.52. The zero-order chi connectivity index (χ0) is 8.28. The molecular weight excluding hydrogens is 164 g/mol. The van der Waals surface area contributed by atoms with Gasteiger partial charge >= 0.3 is 0 Å². The van der Waals surface area contributed by atoms with Gasteiger partial charge in [-0.25, -0.2) is 10.0 Å². The Hall–Kier alpha value is 0.350. The highest BCUT2D eigenvalue weighted by molar-refractivity contribution is 8.33. The maximum Gasteiger partial charge on any atom is -0.0228 e. The largest absolute Gasteiger partial charge is 0.241 e. The molecule has 2 rings (SSSR count). The molecule has 0 atom stereocenters. The predicted octanol–water partition coefficient (Wildman–Crippen LogP) is 3.55. The van der Waals surface area contributed by atoms with E-state index in [4.69, 9.17) is 0 Å². The Bertz CT molecular complexity index is 126. The quantitative estimate of drug-likeness (QED) is 0.543. The second-order valence-corrected chi connectivity index (χ2v) is 8.60. The van der Waals surface area contributed by atoms with Crippen LogP contribution in [0.25, 0.3) is 0 Å². The molecule has 72 valence electrons. The molecule has 0 bridgehead atoms. The lowest BCUT2D eigenvalue weighted by Gasteiger charge is -2.42. The summed E-state index contributed by atoms with van der Waals surface area (Å²) in [5.41, 5.74) is 0. The fraction of sp³-hybridized carbons (Fsp3) is 1.00. The van der Waals surface area contributed by atoms with Crippen LogP contribution in [0.1, 0.15) is 44.9 Å². The smallest absolute Gasteiger partial charge is 0.0228 e. The van der Waals surface area contributed by atoms with Crippen molar-refractivity contribution in [1.82, 2.24) is 0 Å². The standard InChI is InChI=1S/C11H22S/c1-2-5-9-12(8-4-1)10-6-3-7-11-12/h1-11H2. The lowest BCUT2D eigenvalue weighted by atomic mass is 10.2. The van der Waals surface area contributed by atoms with Gasteiger partial charge in [0.2, 0.25) is 0 Å². The minimum atomic E-state index is -0.0353. The van der Waals surface area contributed by atoms with Gasteiger partial charge in [-0.2, -0.15) is 0 Å². The first-order chi connectivity index (χ1) is 5.91. The first-order valence-corrected chi connectivity index (χ1v) is 7.96. The molecule has 2 saturated heterocycles. The van der Waals surface area contributed by atoms with E-state index >= 15 is 0 Å². The summed E-state index contributed by atoms with van der Waals surface area (Å²) in [5.74, 6) is 6.58. The van der Waals surface area contributed by atoms with Gasteiger partial charge in [0.05, 0.1) is 0 Å². The maximum atomic E-state index is 1.65. The average molecular weight is 186 g/mol. The molecule has 0 aromatic rings. The molecule has 0 saturated carbocycles. The summed E-state index contributed by atoms with van der Waals surface area (Å²) < 4.78 is 0. The number of hydrogen-bond donors (Lipinski definition) is 0. The molecule has 0 unspecified atom stereocenters. The van der Waals surface area contributed by atoms with E-state index < -0.39 is 0 Å². The van der Waals surface area contributed by atoms with Crippen molar-refractivity contribution < 1.29 is 0 Å². The van der Waals surface area contributed by atoms with Gasteiger partial charge in [0.1, 0.15) is 0 Å². The molecule has 0 aliphatic carbocycles. The Morgan fingerprint density at radius 2 is 0.750 bits per heavy atom. The number of rotatable bonds is 0. The maximum absolute atomic E-state index is 1.65. The van der Waals surface area contributed by atoms with E-state index in [1.54, 1.807) is 48.7 Å². The number of hydrogen-bond acceptors (Lipinski definition) is 0. The predicted molar refractivity (Wildman–Crippen MR) is 59.4 cm³/mol. The zero-order valence-corrected chi connectivity index (χ0v) is 9.00. The lowest BCUT2D eigenvalue weighted by Crippen LogP contribution is -2.20. The molecule has 1 heteroatoms. The van der Waals surface area contributed by atoms with Gasteiger partial charge in [-0.15, -0.1) is 0 Å². The fourth-order valence-corrected chi connectivity index (χ4v) is 7.27. The van der Waals surface area contributed by atoms with Crippen molar-refractivity contribution >= 4 is 10.0 Å². The van der Waals surface area contributed by atoms with Crippen molar-refractivity contribution in [1.29, 1.82) is 0 Å². The van der Waals surface area contributed by atoms with Crippen LogP contribution >= 0.6 is 10.0 Å². The van der Waals surface area contributed by atoms with Gasteiger partial charge in [0.25, 0.3) is 0 Å². The van der Waals surface area contributed by atoms with Crippen LogP contribution in [-0.4, -0.2) is 23.0 Å². The summed E-state index contributed by atoms with van der Waals surface area (Å²) in [6, 6.07) is 0. The SMILES string of the molecule is C1CCCS2(CC1)CCCCC2. The van der Waals surface area contributed by atoms with Crippen LogP contribution in [0, 0.1) is 0 Å². The first kappa shape index (κ1) is 8.93. The topological polar surface area (TPSA) is 0 Å². The third kappa shape index (κ3) is 1.99. The summed E-state index contributed by atoms with van der Waals surface area (Å²) >= 11 is 0. The van der Waals surface area contributed by atoms with Crippen LogP contribution in [0.4, 0.5) is 0 Å². The molecule has 0 radical (unpaired) electrons. The molecule has 2 heterocycles. The van der Waals surface area contributed by atoms with Gasteiger partial charge in [-0.3, -0.25) is 0 Å². The van der Waals surface area contributed by atoms with Crippen LogP contribution in [0.3, 0.4) is 0 Å². The lowest BCUT2D eigenvalue weighted by molar-refractivity contribution is 0.726. The van der Waals surface area contributed by atoms with Crippen molar-refractivity contribution in [2.45, 2.75) is 44.9 Å². The van der Waals surface area contributed by atoms with Crippen LogP contribution in [-0.2, 0) is 0 Å². The normalized spacial score (nSPS) is 32.7. The summed E-state index contributed by atoms with van der Waals surface area (Å²) in [7, 11) is -0.0353. The van der Waals surface area contributed by atoms with Gasteiger partial charge in [0, 0.05) is 0 Å². The molecule has 2 aliphatic rings. The van der Waals surface area contributed by atoms with Crippen LogP contribution in [0.5, 0.6) is 0 Å². The van der Waals surface area contributed by atoms with E-state index in [1.807, 2.05) is 0 Å². The Kier molecular flexibility index (Phi) is 3.00. The molecule has 0 aromatic carbocycles. The van der Waals surface area contributed by atoms with Crippen LogP contribution in [0.2, 0.25) is 0 Å². The monoisotopic (exact) mass is 186 g/mol. The van der Waals surface area contributed by atoms with Crippen molar-refractivity contribution in [3.05, 3.63) is 0 Å². The Morgan fingerprint density at radius 1 is 0.417 bits per heavy atom. The van der Waals surface area contributed by atoms with E-state index in [0.717, 1.165) is 0 Å². The molecule has 1 spiro atoms. The molecule has 2 fully saturated rings. The third-order valence-corrected chi connectivity index (χ3v) is 8.18. The molecule has 0 amide bonds. The van der Waals surface area contributed by atoms with Gasteiger partial charge in [-0.1, -0.05) is 19.3 Å². The van der Waals surface area contributed by atoms with Crippen molar-refractivity contribution in [3.8, 4) is 0 Å². The Morgan fingerprint density at radius 3 is 1.17 bits per heavy atom. The minimum absolute atomic E-state index is 0.0353.